The van der Waals surface area contributed by atoms with Gasteiger partial charge < -0.3 is 18.0 Å². The fraction of sp³-hybridized carbons (Fsp3) is 0. The second kappa shape index (κ2) is 14.4. The Morgan fingerprint density at radius 1 is 0.294 bits per heavy atom. The van der Waals surface area contributed by atoms with Crippen LogP contribution in [-0.4, -0.2) is 9.13 Å². The fourth-order valence-corrected chi connectivity index (χ4v) is 10.8. The van der Waals surface area contributed by atoms with Crippen molar-refractivity contribution < 1.29 is 8.83 Å². The zero-order valence-corrected chi connectivity index (χ0v) is 36.2. The summed E-state index contributed by atoms with van der Waals surface area (Å²) in [4.78, 5) is 0. The van der Waals surface area contributed by atoms with Crippen LogP contribution in [-0.2, 0) is 0 Å². The Morgan fingerprint density at radius 2 is 0.691 bits per heavy atom. The van der Waals surface area contributed by atoms with Crippen LogP contribution in [0, 0.1) is 22.7 Å². The van der Waals surface area contributed by atoms with Gasteiger partial charge in [0.2, 0.25) is 0 Å². The highest BCUT2D eigenvalue weighted by Crippen LogP contribution is 2.48. The number of hydrogen-bond donors (Lipinski definition) is 0. The molecule has 0 aliphatic rings. The van der Waals surface area contributed by atoms with E-state index < -0.39 is 0 Å². The summed E-state index contributed by atoms with van der Waals surface area (Å²) in [5.74, 6) is 0. The maximum Gasteiger partial charge on any atom is 0.136 e. The second-order valence-electron chi connectivity index (χ2n) is 17.4. The molecule has 0 fully saturated rings. The highest BCUT2D eigenvalue weighted by Gasteiger charge is 2.29. The van der Waals surface area contributed by atoms with E-state index in [0.29, 0.717) is 22.5 Å². The fourth-order valence-electron chi connectivity index (χ4n) is 10.8. The SMILES string of the molecule is N#Cc1cc(C#N)c(-n2c3ccc(-c4ccccc4)cc3c3cc4oc5ccccc5c4cc32)c(-c2ccccc2)c1-n1c2ccc(-c3ccccc3)cc2c2cc3oc4ccccc4c3cc21. The smallest absolute Gasteiger partial charge is 0.136 e. The topological polar surface area (TPSA) is 83.7 Å². The molecule has 6 nitrogen and oxygen atoms in total. The third-order valence-corrected chi connectivity index (χ3v) is 13.8. The van der Waals surface area contributed by atoms with Crippen LogP contribution in [0.1, 0.15) is 11.1 Å². The molecular formula is C62H34N4O2. The van der Waals surface area contributed by atoms with Gasteiger partial charge in [-0.2, -0.15) is 10.5 Å². The number of rotatable bonds is 5. The van der Waals surface area contributed by atoms with Crippen LogP contribution in [0.5, 0.6) is 0 Å². The Morgan fingerprint density at radius 3 is 1.13 bits per heavy atom. The zero-order chi connectivity index (χ0) is 45.0. The number of aromatic nitrogens is 2. The minimum absolute atomic E-state index is 0.377. The highest BCUT2D eigenvalue weighted by atomic mass is 16.3. The number of para-hydroxylation sites is 2. The minimum Gasteiger partial charge on any atom is -0.456 e. The molecule has 0 aliphatic carbocycles. The van der Waals surface area contributed by atoms with Crippen molar-refractivity contribution in [3.63, 3.8) is 0 Å². The van der Waals surface area contributed by atoms with Crippen LogP contribution < -0.4 is 0 Å². The van der Waals surface area contributed by atoms with Crippen molar-refractivity contribution in [2.24, 2.45) is 0 Å². The molecule has 314 valence electrons. The average Bonchev–Trinajstić information content (AvgIpc) is 4.14. The first-order chi connectivity index (χ1) is 33.6. The number of nitriles is 2. The van der Waals surface area contributed by atoms with Gasteiger partial charge in [0, 0.05) is 48.7 Å². The number of nitrogens with zero attached hydrogens (tertiary/aromatic N) is 4. The van der Waals surface area contributed by atoms with Gasteiger partial charge >= 0.3 is 0 Å². The van der Waals surface area contributed by atoms with Crippen molar-refractivity contribution in [3.8, 4) is 56.9 Å². The van der Waals surface area contributed by atoms with E-state index in [4.69, 9.17) is 8.83 Å². The standard InChI is InChI=1S/C62H34N4O2/c63-35-42-28-43(36-64)62(66-53-27-25-41(38-16-6-2-7-17-38)30-47(53)49-34-59-51(32-55(49)66)45-21-11-13-23-57(45)68-59)60(39-18-8-3-9-19-39)61(42)65-52-26-24-40(37-14-4-1-5-15-37)29-46(52)48-33-58-50(31-54(48)65)44-20-10-12-22-56(44)67-58/h1-34H. The van der Waals surface area contributed by atoms with Gasteiger partial charge in [-0.25, -0.2) is 0 Å². The molecular weight excluding hydrogens is 833 g/mol. The molecule has 0 bridgehead atoms. The lowest BCUT2D eigenvalue weighted by Gasteiger charge is -2.22. The van der Waals surface area contributed by atoms with E-state index in [0.717, 1.165) is 121 Å². The predicted molar refractivity (Wildman–Crippen MR) is 275 cm³/mol. The first kappa shape index (κ1) is 37.7. The van der Waals surface area contributed by atoms with Crippen LogP contribution in [0.3, 0.4) is 0 Å². The summed E-state index contributed by atoms with van der Waals surface area (Å²) in [7, 11) is 0. The van der Waals surface area contributed by atoms with E-state index in [1.165, 1.54) is 0 Å². The summed E-state index contributed by atoms with van der Waals surface area (Å²) < 4.78 is 17.6. The normalized spacial score (nSPS) is 11.8. The van der Waals surface area contributed by atoms with Gasteiger partial charge in [0.1, 0.15) is 34.5 Å². The molecule has 10 aromatic carbocycles. The van der Waals surface area contributed by atoms with Gasteiger partial charge in [0.25, 0.3) is 0 Å². The monoisotopic (exact) mass is 866 g/mol. The van der Waals surface area contributed by atoms with E-state index in [1.807, 2.05) is 66.7 Å². The van der Waals surface area contributed by atoms with Crippen molar-refractivity contribution >= 4 is 87.5 Å². The lowest BCUT2D eigenvalue weighted by atomic mass is 9.93. The van der Waals surface area contributed by atoms with Crippen molar-refractivity contribution in [3.05, 3.63) is 217 Å². The summed E-state index contributed by atoms with van der Waals surface area (Å²) in [5, 5.41) is 30.8. The maximum absolute atomic E-state index is 11.4. The second-order valence-corrected chi connectivity index (χ2v) is 17.4. The Kier molecular flexibility index (Phi) is 8.01. The van der Waals surface area contributed by atoms with Crippen LogP contribution in [0.4, 0.5) is 0 Å². The molecule has 0 radical (unpaired) electrons. The van der Waals surface area contributed by atoms with Crippen LogP contribution in [0.25, 0.3) is 132 Å². The zero-order valence-electron chi connectivity index (χ0n) is 36.2. The molecule has 0 N–H and O–H groups in total. The van der Waals surface area contributed by atoms with Gasteiger partial charge in [-0.1, -0.05) is 140 Å². The Bertz CT molecular complexity index is 4230. The Balaban J connectivity index is 1.17. The van der Waals surface area contributed by atoms with Gasteiger partial charge in [-0.15, -0.1) is 0 Å². The maximum atomic E-state index is 11.4. The lowest BCUT2D eigenvalue weighted by Crippen LogP contribution is -2.08. The molecule has 0 aliphatic heterocycles. The van der Waals surface area contributed by atoms with Crippen molar-refractivity contribution in [2.45, 2.75) is 0 Å². The molecule has 14 aromatic rings. The van der Waals surface area contributed by atoms with Crippen molar-refractivity contribution in [2.75, 3.05) is 0 Å². The number of benzene rings is 10. The molecule has 0 spiro atoms. The summed E-state index contributed by atoms with van der Waals surface area (Å²) in [6, 6.07) is 76.1. The first-order valence-corrected chi connectivity index (χ1v) is 22.6. The van der Waals surface area contributed by atoms with Crippen molar-refractivity contribution in [1.82, 2.24) is 9.13 Å². The summed E-state index contributed by atoms with van der Waals surface area (Å²) in [6.07, 6.45) is 0. The highest BCUT2D eigenvalue weighted by molar-refractivity contribution is 6.20. The van der Waals surface area contributed by atoms with Crippen molar-refractivity contribution in [1.29, 1.82) is 10.5 Å². The van der Waals surface area contributed by atoms with E-state index >= 15 is 0 Å². The van der Waals surface area contributed by atoms with E-state index in [1.54, 1.807) is 6.07 Å². The van der Waals surface area contributed by atoms with E-state index in [-0.39, 0.29) is 0 Å². The molecule has 0 saturated heterocycles. The van der Waals surface area contributed by atoms with E-state index in [2.05, 4.69) is 155 Å². The van der Waals surface area contributed by atoms with Crippen LogP contribution in [0.2, 0.25) is 0 Å². The quantitative estimate of drug-likeness (QED) is 0.172. The minimum atomic E-state index is 0.377. The predicted octanol–water partition coefficient (Wildman–Crippen LogP) is 16.4. The molecule has 14 rings (SSSR count). The molecule has 0 saturated carbocycles. The molecule has 0 atom stereocenters. The Hall–Kier alpha value is -9.62. The van der Waals surface area contributed by atoms with Crippen LogP contribution in [0.15, 0.2) is 215 Å². The number of hydrogen-bond acceptors (Lipinski definition) is 4. The number of fused-ring (bicyclic) bond motifs is 12. The summed E-state index contributed by atoms with van der Waals surface area (Å²) in [5.41, 5.74) is 14.9. The van der Waals surface area contributed by atoms with Gasteiger partial charge in [0.05, 0.1) is 44.6 Å². The molecule has 68 heavy (non-hydrogen) atoms. The van der Waals surface area contributed by atoms with E-state index in [9.17, 15) is 10.5 Å². The third kappa shape index (κ3) is 5.43. The van der Waals surface area contributed by atoms with Gasteiger partial charge in [-0.3, -0.25) is 0 Å². The first-order valence-electron chi connectivity index (χ1n) is 22.6. The molecule has 0 unspecified atom stereocenters. The van der Waals surface area contributed by atoms with Gasteiger partial charge in [-0.05, 0) is 94.5 Å². The average molecular weight is 867 g/mol. The number of furan rings is 2. The Labute approximate surface area is 388 Å². The molecule has 4 aromatic heterocycles. The largest absolute Gasteiger partial charge is 0.456 e. The molecule has 6 heteroatoms. The molecule has 4 heterocycles. The van der Waals surface area contributed by atoms with Crippen LogP contribution >= 0.6 is 0 Å². The lowest BCUT2D eigenvalue weighted by molar-refractivity contribution is 0.669. The molecule has 0 amide bonds. The summed E-state index contributed by atoms with van der Waals surface area (Å²) >= 11 is 0. The third-order valence-electron chi connectivity index (χ3n) is 13.8. The summed E-state index contributed by atoms with van der Waals surface area (Å²) in [6.45, 7) is 0. The van der Waals surface area contributed by atoms with Gasteiger partial charge in [0.15, 0.2) is 0 Å².